The van der Waals surface area contributed by atoms with Crippen LogP contribution in [0, 0.1) is 0 Å². The van der Waals surface area contributed by atoms with Crippen molar-refractivity contribution < 1.29 is 4.42 Å². The molecule has 7 heteroatoms. The second-order valence-electron chi connectivity index (χ2n) is 6.11. The molecule has 3 aromatic heterocycles. The van der Waals surface area contributed by atoms with E-state index in [1.807, 2.05) is 55.6 Å². The fraction of sp³-hybridized carbons (Fsp3) is 0.105. The van der Waals surface area contributed by atoms with E-state index in [2.05, 4.69) is 30.7 Å². The Balaban J connectivity index is 1.62. The van der Waals surface area contributed by atoms with E-state index in [4.69, 9.17) is 4.42 Å². The zero-order chi connectivity index (χ0) is 17.5. The molecule has 0 fully saturated rings. The van der Waals surface area contributed by atoms with E-state index in [0.29, 0.717) is 6.54 Å². The van der Waals surface area contributed by atoms with Crippen LogP contribution in [-0.4, -0.2) is 32.4 Å². The number of nitrogens with one attached hydrogen (secondary N) is 3. The fourth-order valence-electron chi connectivity index (χ4n) is 3.11. The third-order valence-electron chi connectivity index (χ3n) is 4.36. The zero-order valence-corrected chi connectivity index (χ0v) is 14.1. The van der Waals surface area contributed by atoms with Crippen molar-refractivity contribution in [2.75, 3.05) is 7.05 Å². The second kappa shape index (κ2) is 5.82. The number of aromatic nitrogens is 5. The second-order valence-corrected chi connectivity index (χ2v) is 6.11. The molecule has 0 spiro atoms. The van der Waals surface area contributed by atoms with Crippen LogP contribution in [0.3, 0.4) is 0 Å². The minimum atomic E-state index is 0.620. The summed E-state index contributed by atoms with van der Waals surface area (Å²) in [7, 11) is 1.87. The van der Waals surface area contributed by atoms with Crippen LogP contribution in [0.5, 0.6) is 0 Å². The first-order valence-corrected chi connectivity index (χ1v) is 8.35. The molecule has 0 radical (unpaired) electrons. The number of nitrogens with zero attached hydrogens (tertiary/aromatic N) is 3. The van der Waals surface area contributed by atoms with Crippen LogP contribution in [0.1, 0.15) is 5.82 Å². The normalized spacial score (nSPS) is 11.6. The highest BCUT2D eigenvalue weighted by Gasteiger charge is 2.15. The van der Waals surface area contributed by atoms with Gasteiger partial charge in [0.15, 0.2) is 17.4 Å². The Bertz CT molecular complexity index is 1180. The minimum Gasteiger partial charge on any atom is -0.454 e. The maximum absolute atomic E-state index is 5.98. The summed E-state index contributed by atoms with van der Waals surface area (Å²) < 4.78 is 5.98. The molecule has 0 atom stereocenters. The van der Waals surface area contributed by atoms with E-state index in [0.717, 1.165) is 50.5 Å². The van der Waals surface area contributed by atoms with Crippen LogP contribution in [0.4, 0.5) is 0 Å². The number of hydrogen-bond donors (Lipinski definition) is 3. The van der Waals surface area contributed by atoms with E-state index in [9.17, 15) is 0 Å². The van der Waals surface area contributed by atoms with Crippen molar-refractivity contribution >= 4 is 21.9 Å². The molecule has 0 aliphatic carbocycles. The van der Waals surface area contributed by atoms with Gasteiger partial charge in [-0.1, -0.05) is 18.2 Å². The van der Waals surface area contributed by atoms with Gasteiger partial charge in [-0.05, 0) is 37.4 Å². The quantitative estimate of drug-likeness (QED) is 0.464. The molecule has 5 aromatic rings. The fourth-order valence-corrected chi connectivity index (χ4v) is 3.11. The van der Waals surface area contributed by atoms with Gasteiger partial charge >= 0.3 is 0 Å². The lowest BCUT2D eigenvalue weighted by molar-refractivity contribution is 0.629. The lowest BCUT2D eigenvalue weighted by atomic mass is 10.1. The Kier molecular flexibility index (Phi) is 3.32. The van der Waals surface area contributed by atoms with Crippen LogP contribution in [0.2, 0.25) is 0 Å². The van der Waals surface area contributed by atoms with Crippen molar-refractivity contribution in [3.05, 3.63) is 54.4 Å². The van der Waals surface area contributed by atoms with Crippen LogP contribution < -0.4 is 5.32 Å². The summed E-state index contributed by atoms with van der Waals surface area (Å²) in [5, 5.41) is 19.8. The highest BCUT2D eigenvalue weighted by Crippen LogP contribution is 2.32. The molecular formula is C19H16N6O. The Hall–Kier alpha value is -3.45. The lowest BCUT2D eigenvalue weighted by Gasteiger charge is -1.98. The molecule has 0 aliphatic rings. The largest absolute Gasteiger partial charge is 0.454 e. The first-order chi connectivity index (χ1) is 12.8. The lowest BCUT2D eigenvalue weighted by Crippen LogP contribution is -2.06. The molecule has 5 rings (SSSR count). The van der Waals surface area contributed by atoms with Crippen molar-refractivity contribution in [1.82, 2.24) is 30.7 Å². The van der Waals surface area contributed by atoms with Gasteiger partial charge in [-0.3, -0.25) is 10.2 Å². The Morgan fingerprint density at radius 3 is 2.85 bits per heavy atom. The molecule has 0 bridgehead atoms. The summed E-state index contributed by atoms with van der Waals surface area (Å²) in [4.78, 5) is 4.52. The predicted octanol–water partition coefficient (Wildman–Crippen LogP) is 3.48. The van der Waals surface area contributed by atoms with Gasteiger partial charge in [-0.15, -0.1) is 0 Å². The molecule has 0 aliphatic heterocycles. The minimum absolute atomic E-state index is 0.620. The molecule has 0 saturated carbocycles. The standard InChI is InChI=1S/C19H16N6O/c1-20-10-17-21-19(25-23-17)12-6-7-14-13(8-12)18(24-22-14)16-9-11-4-2-3-5-15(11)26-16/h2-9,20H,10H2,1H3,(H,22,24)(H,21,23,25). The zero-order valence-electron chi connectivity index (χ0n) is 14.1. The SMILES string of the molecule is CNCc1n[nH]c(-c2ccc3[nH]nc(-c4cc5ccccc5o4)c3c2)n1. The number of H-pyrrole nitrogens is 2. The third-order valence-corrected chi connectivity index (χ3v) is 4.36. The highest BCUT2D eigenvalue weighted by atomic mass is 16.3. The first-order valence-electron chi connectivity index (χ1n) is 8.35. The van der Waals surface area contributed by atoms with Crippen molar-refractivity contribution in [2.24, 2.45) is 0 Å². The Morgan fingerprint density at radius 1 is 1.04 bits per heavy atom. The van der Waals surface area contributed by atoms with Gasteiger partial charge in [-0.25, -0.2) is 4.98 Å². The molecular weight excluding hydrogens is 328 g/mol. The first kappa shape index (κ1) is 14.9. The average molecular weight is 344 g/mol. The van der Waals surface area contributed by atoms with Crippen LogP contribution in [0.25, 0.3) is 44.7 Å². The van der Waals surface area contributed by atoms with Crippen molar-refractivity contribution in [3.8, 4) is 22.8 Å². The number of furan rings is 1. The number of rotatable bonds is 4. The van der Waals surface area contributed by atoms with Gasteiger partial charge in [0, 0.05) is 16.3 Å². The van der Waals surface area contributed by atoms with Gasteiger partial charge in [-0.2, -0.15) is 10.2 Å². The predicted molar refractivity (Wildman–Crippen MR) is 99.4 cm³/mol. The molecule has 0 saturated heterocycles. The molecule has 2 aromatic carbocycles. The van der Waals surface area contributed by atoms with E-state index >= 15 is 0 Å². The molecule has 3 heterocycles. The molecule has 0 amide bonds. The van der Waals surface area contributed by atoms with E-state index in [1.54, 1.807) is 0 Å². The molecule has 26 heavy (non-hydrogen) atoms. The topological polar surface area (TPSA) is 95.4 Å². The smallest absolute Gasteiger partial charge is 0.164 e. The van der Waals surface area contributed by atoms with Crippen LogP contribution in [-0.2, 0) is 6.54 Å². The monoisotopic (exact) mass is 344 g/mol. The number of para-hydroxylation sites is 1. The van der Waals surface area contributed by atoms with E-state index in [1.165, 1.54) is 0 Å². The summed E-state index contributed by atoms with van der Waals surface area (Å²) in [6.45, 7) is 0.620. The Labute approximate surface area is 148 Å². The molecule has 7 nitrogen and oxygen atoms in total. The number of hydrogen-bond acceptors (Lipinski definition) is 5. The maximum Gasteiger partial charge on any atom is 0.164 e. The van der Waals surface area contributed by atoms with Gasteiger partial charge in [0.25, 0.3) is 0 Å². The van der Waals surface area contributed by atoms with Gasteiger partial charge in [0.05, 0.1) is 12.1 Å². The highest BCUT2D eigenvalue weighted by molar-refractivity contribution is 5.96. The third kappa shape index (κ3) is 2.37. The number of fused-ring (bicyclic) bond motifs is 2. The molecule has 3 N–H and O–H groups in total. The summed E-state index contributed by atoms with van der Waals surface area (Å²) in [5.41, 5.74) is 3.53. The average Bonchev–Trinajstić information content (AvgIpc) is 3.38. The molecule has 128 valence electrons. The summed E-state index contributed by atoms with van der Waals surface area (Å²) in [5.74, 6) is 2.20. The molecule has 0 unspecified atom stereocenters. The van der Waals surface area contributed by atoms with Gasteiger partial charge in [0.1, 0.15) is 11.3 Å². The summed E-state index contributed by atoms with van der Waals surface area (Å²) >= 11 is 0. The van der Waals surface area contributed by atoms with Gasteiger partial charge < -0.3 is 9.73 Å². The van der Waals surface area contributed by atoms with Crippen LogP contribution in [0.15, 0.2) is 52.9 Å². The maximum atomic E-state index is 5.98. The summed E-state index contributed by atoms with van der Waals surface area (Å²) in [6, 6.07) is 16.0. The Morgan fingerprint density at radius 2 is 1.96 bits per heavy atom. The van der Waals surface area contributed by atoms with Crippen molar-refractivity contribution in [2.45, 2.75) is 6.54 Å². The van der Waals surface area contributed by atoms with Gasteiger partial charge in [0.2, 0.25) is 0 Å². The number of benzene rings is 2. The van der Waals surface area contributed by atoms with Crippen LogP contribution >= 0.6 is 0 Å². The van der Waals surface area contributed by atoms with E-state index < -0.39 is 0 Å². The van der Waals surface area contributed by atoms with E-state index in [-0.39, 0.29) is 0 Å². The van der Waals surface area contributed by atoms with Crippen molar-refractivity contribution in [1.29, 1.82) is 0 Å². The van der Waals surface area contributed by atoms with Crippen molar-refractivity contribution in [3.63, 3.8) is 0 Å². The number of aromatic amines is 2. The summed E-state index contributed by atoms with van der Waals surface area (Å²) in [6.07, 6.45) is 0.